The highest BCUT2D eigenvalue weighted by Crippen LogP contribution is 2.23. The minimum atomic E-state index is -0.700. The number of fused-ring (bicyclic) bond motifs is 2. The predicted octanol–water partition coefficient (Wildman–Crippen LogP) is 2.83. The number of rotatable bonds is 3. The van der Waals surface area contributed by atoms with Gasteiger partial charge in [-0.25, -0.2) is 4.79 Å². The molecule has 0 radical (unpaired) electrons. The summed E-state index contributed by atoms with van der Waals surface area (Å²) in [6.45, 7) is 3.69. The Morgan fingerprint density at radius 1 is 1.09 bits per heavy atom. The van der Waals surface area contributed by atoms with Crippen molar-refractivity contribution in [2.24, 2.45) is 11.7 Å². The molecule has 0 aliphatic carbocycles. The second-order valence-corrected chi connectivity index (χ2v) is 5.78. The Kier molecular flexibility index (Phi) is 3.88. The molecule has 2 N–H and O–H groups in total. The van der Waals surface area contributed by atoms with Crippen molar-refractivity contribution in [3.63, 3.8) is 0 Å². The van der Waals surface area contributed by atoms with Gasteiger partial charge >= 0.3 is 5.97 Å². The quantitative estimate of drug-likeness (QED) is 0.457. The Morgan fingerprint density at radius 3 is 2.52 bits per heavy atom. The van der Waals surface area contributed by atoms with Crippen LogP contribution in [0.4, 0.5) is 0 Å². The summed E-state index contributed by atoms with van der Waals surface area (Å²) in [5.41, 5.74) is 6.52. The Balaban J connectivity index is 2.04. The van der Waals surface area contributed by atoms with Crippen molar-refractivity contribution in [1.82, 2.24) is 0 Å². The maximum atomic E-state index is 12.4. The Hall–Kier alpha value is -2.66. The van der Waals surface area contributed by atoms with E-state index >= 15 is 0 Å². The molecule has 5 nitrogen and oxygen atoms in total. The Labute approximate surface area is 132 Å². The van der Waals surface area contributed by atoms with Gasteiger partial charge < -0.3 is 14.9 Å². The second kappa shape index (κ2) is 5.85. The van der Waals surface area contributed by atoms with E-state index in [2.05, 4.69) is 0 Å². The maximum Gasteiger partial charge on any atom is 0.328 e. The summed E-state index contributed by atoms with van der Waals surface area (Å²) in [7, 11) is 0. The number of hydrogen-bond acceptors (Lipinski definition) is 5. The van der Waals surface area contributed by atoms with E-state index in [0.717, 1.165) is 0 Å². The molecule has 5 heteroatoms. The van der Waals surface area contributed by atoms with Crippen molar-refractivity contribution < 1.29 is 13.9 Å². The average Bonchev–Trinajstić information content (AvgIpc) is 2.54. The van der Waals surface area contributed by atoms with Crippen LogP contribution < -0.4 is 15.9 Å². The lowest BCUT2D eigenvalue weighted by Crippen LogP contribution is -2.38. The van der Waals surface area contributed by atoms with Crippen molar-refractivity contribution in [3.05, 3.63) is 52.7 Å². The van der Waals surface area contributed by atoms with Crippen molar-refractivity contribution in [2.75, 3.05) is 0 Å². The smallest absolute Gasteiger partial charge is 0.328 e. The van der Waals surface area contributed by atoms with E-state index in [1.165, 1.54) is 6.07 Å². The molecule has 0 fully saturated rings. The molecular formula is C18H17NO4. The highest BCUT2D eigenvalue weighted by Gasteiger charge is 2.20. The van der Waals surface area contributed by atoms with E-state index in [1.807, 2.05) is 13.8 Å². The van der Waals surface area contributed by atoms with Crippen LogP contribution >= 0.6 is 0 Å². The topological polar surface area (TPSA) is 82.5 Å². The first-order valence-corrected chi connectivity index (χ1v) is 7.40. The minimum absolute atomic E-state index is 0.0233. The molecule has 0 aliphatic rings. The van der Waals surface area contributed by atoms with E-state index in [-0.39, 0.29) is 11.3 Å². The molecule has 0 amide bonds. The molecule has 1 aromatic heterocycles. The lowest BCUT2D eigenvalue weighted by Gasteiger charge is -2.14. The third-order valence-electron chi connectivity index (χ3n) is 3.76. The van der Waals surface area contributed by atoms with E-state index in [0.29, 0.717) is 27.7 Å². The summed E-state index contributed by atoms with van der Waals surface area (Å²) in [6, 6.07) is 11.0. The fourth-order valence-electron chi connectivity index (χ4n) is 2.30. The highest BCUT2D eigenvalue weighted by molar-refractivity contribution is 5.90. The van der Waals surface area contributed by atoms with Crippen LogP contribution in [-0.2, 0) is 4.79 Å². The molecule has 0 aliphatic heterocycles. The van der Waals surface area contributed by atoms with Crippen LogP contribution in [0.2, 0.25) is 0 Å². The SMILES string of the molecule is CC(C)[C@H](N)C(=O)Oc1ccc2c(=O)c3ccccc3oc2c1. The van der Waals surface area contributed by atoms with E-state index in [1.54, 1.807) is 36.4 Å². The van der Waals surface area contributed by atoms with E-state index in [4.69, 9.17) is 14.9 Å². The summed E-state index contributed by atoms with van der Waals surface area (Å²) >= 11 is 0. The number of para-hydroxylation sites is 1. The first-order valence-electron chi connectivity index (χ1n) is 7.40. The van der Waals surface area contributed by atoms with Gasteiger partial charge in [0.05, 0.1) is 10.8 Å². The molecule has 1 heterocycles. The van der Waals surface area contributed by atoms with Gasteiger partial charge in [-0.2, -0.15) is 0 Å². The number of hydrogen-bond donors (Lipinski definition) is 1. The number of nitrogens with two attached hydrogens (primary N) is 1. The van der Waals surface area contributed by atoms with Crippen LogP contribution in [0, 0.1) is 5.92 Å². The van der Waals surface area contributed by atoms with Crippen LogP contribution in [0.25, 0.3) is 21.9 Å². The minimum Gasteiger partial charge on any atom is -0.456 e. The van der Waals surface area contributed by atoms with Crippen molar-refractivity contribution >= 4 is 27.9 Å². The van der Waals surface area contributed by atoms with Gasteiger partial charge in [-0.1, -0.05) is 26.0 Å². The third kappa shape index (κ3) is 2.83. The zero-order valence-corrected chi connectivity index (χ0v) is 12.9. The molecule has 1 atom stereocenters. The molecule has 2 aromatic carbocycles. The molecule has 3 rings (SSSR count). The van der Waals surface area contributed by atoms with Gasteiger partial charge in [0, 0.05) is 6.07 Å². The Morgan fingerprint density at radius 2 is 1.78 bits per heavy atom. The second-order valence-electron chi connectivity index (χ2n) is 5.78. The number of esters is 1. The summed E-state index contributed by atoms with van der Waals surface area (Å²) in [5.74, 6) is -0.232. The molecular weight excluding hydrogens is 294 g/mol. The molecule has 0 bridgehead atoms. The fourth-order valence-corrected chi connectivity index (χ4v) is 2.30. The van der Waals surface area contributed by atoms with Gasteiger partial charge in [-0.15, -0.1) is 0 Å². The van der Waals surface area contributed by atoms with Gasteiger partial charge in [0.25, 0.3) is 0 Å². The summed E-state index contributed by atoms with van der Waals surface area (Å²) in [4.78, 5) is 24.4. The molecule has 23 heavy (non-hydrogen) atoms. The number of benzene rings is 2. The highest BCUT2D eigenvalue weighted by atomic mass is 16.5. The third-order valence-corrected chi connectivity index (χ3v) is 3.76. The average molecular weight is 311 g/mol. The Bertz CT molecular complexity index is 943. The molecule has 0 spiro atoms. The number of carbonyl (C=O) groups excluding carboxylic acids is 1. The van der Waals surface area contributed by atoms with E-state index < -0.39 is 12.0 Å². The first-order chi connectivity index (χ1) is 11.0. The van der Waals surface area contributed by atoms with Crippen LogP contribution in [0.3, 0.4) is 0 Å². The van der Waals surface area contributed by atoms with Crippen LogP contribution in [-0.4, -0.2) is 12.0 Å². The zero-order chi connectivity index (χ0) is 16.6. The van der Waals surface area contributed by atoms with Crippen LogP contribution in [0.5, 0.6) is 5.75 Å². The first kappa shape index (κ1) is 15.2. The summed E-state index contributed by atoms with van der Waals surface area (Å²) < 4.78 is 11.0. The molecule has 0 saturated carbocycles. The number of ether oxygens (including phenoxy) is 1. The zero-order valence-electron chi connectivity index (χ0n) is 12.9. The molecule has 3 aromatic rings. The van der Waals surface area contributed by atoms with Gasteiger partial charge in [0.2, 0.25) is 5.43 Å². The molecule has 0 saturated heterocycles. The van der Waals surface area contributed by atoms with Gasteiger partial charge in [0.1, 0.15) is 23.0 Å². The number of carbonyl (C=O) groups is 1. The lowest BCUT2D eigenvalue weighted by molar-refractivity contribution is -0.136. The van der Waals surface area contributed by atoms with E-state index in [9.17, 15) is 9.59 Å². The standard InChI is InChI=1S/C18H17NO4/c1-10(2)16(19)18(21)22-11-7-8-13-15(9-11)23-14-6-4-3-5-12(14)17(13)20/h3-10,16H,19H2,1-2H3/t16-/m0/s1. The molecule has 0 unspecified atom stereocenters. The summed E-state index contributed by atoms with van der Waals surface area (Å²) in [6.07, 6.45) is 0. The van der Waals surface area contributed by atoms with Gasteiger partial charge in [0.15, 0.2) is 0 Å². The van der Waals surface area contributed by atoms with Gasteiger partial charge in [-0.3, -0.25) is 4.79 Å². The van der Waals surface area contributed by atoms with Gasteiger partial charge in [-0.05, 0) is 30.2 Å². The normalized spacial score (nSPS) is 12.7. The largest absolute Gasteiger partial charge is 0.456 e. The van der Waals surface area contributed by atoms with Crippen molar-refractivity contribution in [2.45, 2.75) is 19.9 Å². The van der Waals surface area contributed by atoms with Crippen molar-refractivity contribution in [1.29, 1.82) is 0 Å². The van der Waals surface area contributed by atoms with Crippen LogP contribution in [0.15, 0.2) is 51.7 Å². The maximum absolute atomic E-state index is 12.4. The predicted molar refractivity (Wildman–Crippen MR) is 88.4 cm³/mol. The van der Waals surface area contributed by atoms with Crippen LogP contribution in [0.1, 0.15) is 13.8 Å². The molecule has 118 valence electrons. The monoisotopic (exact) mass is 311 g/mol. The lowest BCUT2D eigenvalue weighted by atomic mass is 10.1. The van der Waals surface area contributed by atoms with Crippen molar-refractivity contribution in [3.8, 4) is 5.75 Å². The fraction of sp³-hybridized carbons (Fsp3) is 0.222. The summed E-state index contributed by atoms with van der Waals surface area (Å²) in [5, 5.41) is 0.961.